The second-order valence-corrected chi connectivity index (χ2v) is 3.62. The molecule has 0 aliphatic rings. The summed E-state index contributed by atoms with van der Waals surface area (Å²) in [5.41, 5.74) is 0. The van der Waals surface area contributed by atoms with Crippen molar-refractivity contribution in [1.82, 2.24) is 0 Å². The molecular weight excluding hydrogens is 156 g/mol. The second-order valence-electron chi connectivity index (χ2n) is 2.47. The molecule has 11 heavy (non-hydrogen) atoms. The van der Waals surface area contributed by atoms with Crippen LogP contribution in [0.1, 0.15) is 26.2 Å². The average Bonchev–Trinajstić information content (AvgIpc) is 2.01. The van der Waals surface area contributed by atoms with Crippen molar-refractivity contribution >= 4 is 11.8 Å². The lowest BCUT2D eigenvalue weighted by Crippen LogP contribution is -2.09. The molecular formula is C9H16OS. The van der Waals surface area contributed by atoms with Crippen LogP contribution in [0.15, 0.2) is 0 Å². The van der Waals surface area contributed by atoms with Crippen LogP contribution in [-0.2, 0) is 0 Å². The zero-order valence-electron chi connectivity index (χ0n) is 7.05. The summed E-state index contributed by atoms with van der Waals surface area (Å²) in [6, 6.07) is 0. The molecule has 0 aliphatic carbocycles. The molecule has 64 valence electrons. The first-order valence-corrected chi connectivity index (χ1v) is 5.16. The van der Waals surface area contributed by atoms with Crippen LogP contribution >= 0.6 is 11.8 Å². The second kappa shape index (κ2) is 7.97. The molecule has 0 aliphatic heterocycles. The first-order chi connectivity index (χ1) is 5.31. The van der Waals surface area contributed by atoms with E-state index in [1.54, 1.807) is 11.8 Å². The topological polar surface area (TPSA) is 20.2 Å². The molecule has 0 aromatic heterocycles. The number of hydrogen-bond donors (Lipinski definition) is 1. The number of aliphatic hydroxyl groups excluding tert-OH is 1. The van der Waals surface area contributed by atoms with E-state index in [1.807, 2.05) is 0 Å². The molecule has 1 unspecified atom stereocenters. The maximum Gasteiger partial charge on any atom is 0.0639 e. The van der Waals surface area contributed by atoms with Crippen LogP contribution in [0.5, 0.6) is 0 Å². The molecule has 1 nitrogen and oxygen atoms in total. The highest BCUT2D eigenvalue weighted by Gasteiger charge is 2.01. The maximum absolute atomic E-state index is 9.29. The SMILES string of the molecule is C#CCCC(O)CSCCC. The van der Waals surface area contributed by atoms with Gasteiger partial charge in [0.15, 0.2) is 0 Å². The fourth-order valence-corrected chi connectivity index (χ4v) is 1.59. The monoisotopic (exact) mass is 172 g/mol. The van der Waals surface area contributed by atoms with E-state index in [1.165, 1.54) is 6.42 Å². The molecule has 0 radical (unpaired) electrons. The van der Waals surface area contributed by atoms with Crippen molar-refractivity contribution in [1.29, 1.82) is 0 Å². The van der Waals surface area contributed by atoms with Gasteiger partial charge in [0.25, 0.3) is 0 Å². The third kappa shape index (κ3) is 7.77. The number of hydrogen-bond acceptors (Lipinski definition) is 2. The standard InChI is InChI=1S/C9H16OS/c1-3-5-6-9(10)8-11-7-4-2/h1,9-10H,4-8H2,2H3. The summed E-state index contributed by atoms with van der Waals surface area (Å²) in [5.74, 6) is 4.48. The molecule has 0 aromatic rings. The molecule has 0 saturated heterocycles. The van der Waals surface area contributed by atoms with Gasteiger partial charge >= 0.3 is 0 Å². The van der Waals surface area contributed by atoms with Crippen LogP contribution in [-0.4, -0.2) is 22.7 Å². The van der Waals surface area contributed by atoms with E-state index in [2.05, 4.69) is 12.8 Å². The zero-order valence-corrected chi connectivity index (χ0v) is 7.86. The van der Waals surface area contributed by atoms with E-state index in [0.717, 1.165) is 17.9 Å². The van der Waals surface area contributed by atoms with Gasteiger partial charge in [-0.05, 0) is 18.6 Å². The van der Waals surface area contributed by atoms with Crippen LogP contribution in [0, 0.1) is 12.3 Å². The van der Waals surface area contributed by atoms with Crippen LogP contribution in [0.3, 0.4) is 0 Å². The summed E-state index contributed by atoms with van der Waals surface area (Å²) in [4.78, 5) is 0. The molecule has 0 aromatic carbocycles. The Hall–Kier alpha value is -0.130. The zero-order chi connectivity index (χ0) is 8.53. The van der Waals surface area contributed by atoms with Gasteiger partial charge in [0.2, 0.25) is 0 Å². The Morgan fingerprint density at radius 2 is 2.36 bits per heavy atom. The third-order valence-corrected chi connectivity index (χ3v) is 2.60. The van der Waals surface area contributed by atoms with Gasteiger partial charge in [-0.1, -0.05) is 6.92 Å². The highest BCUT2D eigenvalue weighted by Crippen LogP contribution is 2.07. The van der Waals surface area contributed by atoms with Gasteiger partial charge in [-0.15, -0.1) is 12.3 Å². The van der Waals surface area contributed by atoms with E-state index < -0.39 is 0 Å². The minimum absolute atomic E-state index is 0.206. The molecule has 0 amide bonds. The van der Waals surface area contributed by atoms with Crippen LogP contribution in [0.4, 0.5) is 0 Å². The number of rotatable bonds is 6. The Balaban J connectivity index is 3.10. The lowest BCUT2D eigenvalue weighted by Gasteiger charge is -2.06. The highest BCUT2D eigenvalue weighted by molar-refractivity contribution is 7.99. The summed E-state index contributed by atoms with van der Waals surface area (Å²) in [7, 11) is 0. The van der Waals surface area contributed by atoms with Crippen molar-refractivity contribution in [2.75, 3.05) is 11.5 Å². The molecule has 2 heteroatoms. The molecule has 1 N–H and O–H groups in total. The molecule has 0 fully saturated rings. The maximum atomic E-state index is 9.29. The summed E-state index contributed by atoms with van der Waals surface area (Å²) in [6.45, 7) is 2.14. The van der Waals surface area contributed by atoms with Gasteiger partial charge in [-0.2, -0.15) is 11.8 Å². The minimum atomic E-state index is -0.206. The predicted molar refractivity (Wildman–Crippen MR) is 51.7 cm³/mol. The summed E-state index contributed by atoms with van der Waals surface area (Å²) >= 11 is 1.79. The minimum Gasteiger partial charge on any atom is -0.392 e. The fraction of sp³-hybridized carbons (Fsp3) is 0.778. The van der Waals surface area contributed by atoms with Crippen molar-refractivity contribution in [3.8, 4) is 12.3 Å². The predicted octanol–water partition coefficient (Wildman–Crippen LogP) is 1.90. The van der Waals surface area contributed by atoms with Crippen molar-refractivity contribution in [2.45, 2.75) is 32.3 Å². The molecule has 0 heterocycles. The number of terminal acetylenes is 1. The van der Waals surface area contributed by atoms with Crippen LogP contribution < -0.4 is 0 Å². The van der Waals surface area contributed by atoms with Gasteiger partial charge in [-0.25, -0.2) is 0 Å². The molecule has 0 rings (SSSR count). The van der Waals surface area contributed by atoms with Crippen molar-refractivity contribution in [3.63, 3.8) is 0 Å². The Morgan fingerprint density at radius 1 is 1.64 bits per heavy atom. The first kappa shape index (κ1) is 10.9. The molecule has 0 saturated carbocycles. The Bertz CT molecular complexity index is 117. The molecule has 0 spiro atoms. The normalized spacial score (nSPS) is 12.5. The van der Waals surface area contributed by atoms with Gasteiger partial charge in [0.05, 0.1) is 6.10 Å². The van der Waals surface area contributed by atoms with Gasteiger partial charge in [0, 0.05) is 12.2 Å². The average molecular weight is 172 g/mol. The van der Waals surface area contributed by atoms with Crippen molar-refractivity contribution in [3.05, 3.63) is 0 Å². The van der Waals surface area contributed by atoms with Gasteiger partial charge in [0.1, 0.15) is 0 Å². The summed E-state index contributed by atoms with van der Waals surface area (Å²) in [5, 5.41) is 9.29. The van der Waals surface area contributed by atoms with Crippen LogP contribution in [0.25, 0.3) is 0 Å². The number of thioether (sulfide) groups is 1. The van der Waals surface area contributed by atoms with Crippen LogP contribution in [0.2, 0.25) is 0 Å². The largest absolute Gasteiger partial charge is 0.392 e. The fourth-order valence-electron chi connectivity index (χ4n) is 0.697. The molecule has 1 atom stereocenters. The van der Waals surface area contributed by atoms with E-state index in [0.29, 0.717) is 6.42 Å². The lowest BCUT2D eigenvalue weighted by atomic mass is 10.2. The van der Waals surface area contributed by atoms with Gasteiger partial charge < -0.3 is 5.11 Å². The third-order valence-electron chi connectivity index (χ3n) is 1.28. The highest BCUT2D eigenvalue weighted by atomic mass is 32.2. The number of aliphatic hydroxyl groups is 1. The quantitative estimate of drug-likeness (QED) is 0.488. The summed E-state index contributed by atoms with van der Waals surface area (Å²) < 4.78 is 0. The Kier molecular flexibility index (Phi) is 7.88. The van der Waals surface area contributed by atoms with E-state index in [-0.39, 0.29) is 6.10 Å². The Labute approximate surface area is 73.6 Å². The van der Waals surface area contributed by atoms with Gasteiger partial charge in [-0.3, -0.25) is 0 Å². The van der Waals surface area contributed by atoms with Crippen molar-refractivity contribution < 1.29 is 5.11 Å². The summed E-state index contributed by atoms with van der Waals surface area (Å²) in [6.07, 6.45) is 7.46. The van der Waals surface area contributed by atoms with E-state index >= 15 is 0 Å². The van der Waals surface area contributed by atoms with Crippen molar-refractivity contribution in [2.24, 2.45) is 0 Å². The molecule has 0 bridgehead atoms. The smallest absolute Gasteiger partial charge is 0.0639 e. The lowest BCUT2D eigenvalue weighted by molar-refractivity contribution is 0.191. The Morgan fingerprint density at radius 3 is 2.91 bits per heavy atom. The van der Waals surface area contributed by atoms with E-state index in [9.17, 15) is 5.11 Å². The first-order valence-electron chi connectivity index (χ1n) is 4.00. The van der Waals surface area contributed by atoms with E-state index in [4.69, 9.17) is 6.42 Å².